The highest BCUT2D eigenvalue weighted by atomic mass is 16.6. The molecule has 0 fully saturated rings. The predicted octanol–water partition coefficient (Wildman–Crippen LogP) is 1.31. The number of nitrogens with zero attached hydrogens (tertiary/aromatic N) is 1. The Bertz CT molecular complexity index is 373. The zero-order chi connectivity index (χ0) is 10.6. The Morgan fingerprint density at radius 1 is 1.50 bits per heavy atom. The first-order valence-electron chi connectivity index (χ1n) is 3.90. The molecule has 74 valence electrons. The maximum absolute atomic E-state index is 10.4. The quantitative estimate of drug-likeness (QED) is 0.562. The van der Waals surface area contributed by atoms with Crippen LogP contribution in [0.4, 0.5) is 5.69 Å². The smallest absolute Gasteiger partial charge is 0.270 e. The van der Waals surface area contributed by atoms with Gasteiger partial charge in [0.05, 0.1) is 11.5 Å². The van der Waals surface area contributed by atoms with Crippen LogP contribution in [0.5, 0.6) is 5.75 Å². The topological polar surface area (TPSA) is 83.6 Å². The number of aliphatic hydroxyl groups excluding tert-OH is 1. The van der Waals surface area contributed by atoms with Gasteiger partial charge in [-0.05, 0) is 6.07 Å². The Morgan fingerprint density at radius 2 is 2.21 bits per heavy atom. The van der Waals surface area contributed by atoms with Crippen LogP contribution in [-0.4, -0.2) is 21.7 Å². The van der Waals surface area contributed by atoms with E-state index in [1.54, 1.807) is 0 Å². The Balaban J connectivity index is 3.08. The van der Waals surface area contributed by atoms with Crippen molar-refractivity contribution in [2.75, 3.05) is 6.61 Å². The summed E-state index contributed by atoms with van der Waals surface area (Å²) in [7, 11) is 0. The number of phenolic OH excluding ortho intramolecular Hbond substituents is 1. The molecule has 0 bridgehead atoms. The normalized spacial score (nSPS) is 10.6. The van der Waals surface area contributed by atoms with Gasteiger partial charge in [0.2, 0.25) is 0 Å². The Morgan fingerprint density at radius 3 is 2.79 bits per heavy atom. The predicted molar refractivity (Wildman–Crippen MR) is 50.9 cm³/mol. The summed E-state index contributed by atoms with van der Waals surface area (Å²) >= 11 is 0. The highest BCUT2D eigenvalue weighted by Gasteiger charge is 2.07. The first-order chi connectivity index (χ1) is 6.65. The maximum Gasteiger partial charge on any atom is 0.270 e. The Hall–Kier alpha value is -1.88. The van der Waals surface area contributed by atoms with Crippen molar-refractivity contribution in [3.05, 3.63) is 40.0 Å². The third-order valence-corrected chi connectivity index (χ3v) is 1.62. The first kappa shape index (κ1) is 10.2. The summed E-state index contributed by atoms with van der Waals surface area (Å²) in [4.78, 5) is 9.84. The summed E-state index contributed by atoms with van der Waals surface area (Å²) < 4.78 is 0. The van der Waals surface area contributed by atoms with E-state index in [2.05, 4.69) is 0 Å². The number of aliphatic hydroxyl groups is 1. The molecule has 14 heavy (non-hydrogen) atoms. The molecule has 1 aromatic carbocycles. The molecule has 5 nitrogen and oxygen atoms in total. The largest absolute Gasteiger partial charge is 0.507 e. The fourth-order valence-electron chi connectivity index (χ4n) is 0.969. The molecule has 0 saturated heterocycles. The molecule has 1 aromatic rings. The number of nitro groups is 1. The van der Waals surface area contributed by atoms with Crippen molar-refractivity contribution in [1.29, 1.82) is 0 Å². The summed E-state index contributed by atoms with van der Waals surface area (Å²) in [6.45, 7) is -0.178. The Labute approximate surface area is 80.1 Å². The Kier molecular flexibility index (Phi) is 3.19. The average Bonchev–Trinajstić information content (AvgIpc) is 2.16. The van der Waals surface area contributed by atoms with Gasteiger partial charge in [-0.2, -0.15) is 0 Å². The standard InChI is InChI=1S/C9H9NO4/c11-5-1-2-7-6-8(10(13)14)3-4-9(7)12/h1-4,6,11-12H,5H2/b2-1+. The summed E-state index contributed by atoms with van der Waals surface area (Å²) in [6, 6.07) is 3.70. The number of rotatable bonds is 3. The van der Waals surface area contributed by atoms with Crippen LogP contribution in [0.15, 0.2) is 24.3 Å². The number of benzene rings is 1. The van der Waals surface area contributed by atoms with E-state index in [0.717, 1.165) is 0 Å². The molecule has 0 heterocycles. The molecule has 0 aliphatic rings. The van der Waals surface area contributed by atoms with E-state index >= 15 is 0 Å². The first-order valence-corrected chi connectivity index (χ1v) is 3.90. The van der Waals surface area contributed by atoms with Gasteiger partial charge >= 0.3 is 0 Å². The minimum atomic E-state index is -0.546. The SMILES string of the molecule is O=[N+]([O-])c1ccc(O)c(/C=C/CO)c1. The van der Waals surface area contributed by atoms with E-state index in [-0.39, 0.29) is 18.0 Å². The van der Waals surface area contributed by atoms with Gasteiger partial charge in [0.1, 0.15) is 5.75 Å². The van der Waals surface area contributed by atoms with Crippen LogP contribution in [0.2, 0.25) is 0 Å². The fraction of sp³-hybridized carbons (Fsp3) is 0.111. The van der Waals surface area contributed by atoms with E-state index in [9.17, 15) is 15.2 Å². The molecular weight excluding hydrogens is 186 g/mol. The molecule has 5 heteroatoms. The number of phenols is 1. The average molecular weight is 195 g/mol. The fourth-order valence-corrected chi connectivity index (χ4v) is 0.969. The second-order valence-electron chi connectivity index (χ2n) is 2.59. The van der Waals surface area contributed by atoms with Crippen LogP contribution in [-0.2, 0) is 0 Å². The molecule has 0 atom stereocenters. The maximum atomic E-state index is 10.4. The molecule has 2 N–H and O–H groups in total. The number of hydrogen-bond donors (Lipinski definition) is 2. The summed E-state index contributed by atoms with van der Waals surface area (Å²) in [5.74, 6) is -0.0553. The van der Waals surface area contributed by atoms with Crippen molar-refractivity contribution in [1.82, 2.24) is 0 Å². The van der Waals surface area contributed by atoms with Gasteiger partial charge in [-0.25, -0.2) is 0 Å². The van der Waals surface area contributed by atoms with Gasteiger partial charge in [-0.3, -0.25) is 10.1 Å². The van der Waals surface area contributed by atoms with Crippen molar-refractivity contribution in [2.45, 2.75) is 0 Å². The van der Waals surface area contributed by atoms with Crippen molar-refractivity contribution < 1.29 is 15.1 Å². The minimum absolute atomic E-state index is 0.0553. The third kappa shape index (κ3) is 2.30. The van der Waals surface area contributed by atoms with Crippen LogP contribution in [0, 0.1) is 10.1 Å². The number of aromatic hydroxyl groups is 1. The van der Waals surface area contributed by atoms with Crippen molar-refractivity contribution in [2.24, 2.45) is 0 Å². The van der Waals surface area contributed by atoms with Crippen molar-refractivity contribution in [3.63, 3.8) is 0 Å². The van der Waals surface area contributed by atoms with Gasteiger partial charge in [-0.1, -0.05) is 12.2 Å². The highest BCUT2D eigenvalue weighted by Crippen LogP contribution is 2.23. The second-order valence-corrected chi connectivity index (χ2v) is 2.59. The van der Waals surface area contributed by atoms with Crippen LogP contribution >= 0.6 is 0 Å². The summed E-state index contributed by atoms with van der Waals surface area (Å²) in [6.07, 6.45) is 2.81. The van der Waals surface area contributed by atoms with Crippen molar-refractivity contribution in [3.8, 4) is 5.75 Å². The molecule has 0 aliphatic heterocycles. The number of hydrogen-bond acceptors (Lipinski definition) is 4. The molecular formula is C9H9NO4. The van der Waals surface area contributed by atoms with Crippen LogP contribution < -0.4 is 0 Å². The van der Waals surface area contributed by atoms with Crippen LogP contribution in [0.3, 0.4) is 0 Å². The van der Waals surface area contributed by atoms with Gasteiger partial charge < -0.3 is 10.2 Å². The van der Waals surface area contributed by atoms with Crippen molar-refractivity contribution >= 4 is 11.8 Å². The second kappa shape index (κ2) is 4.38. The molecule has 1 rings (SSSR count). The van der Waals surface area contributed by atoms with E-state index < -0.39 is 4.92 Å². The number of nitro benzene ring substituents is 1. The van der Waals surface area contributed by atoms with E-state index in [0.29, 0.717) is 5.56 Å². The molecule has 0 spiro atoms. The van der Waals surface area contributed by atoms with Gasteiger partial charge in [-0.15, -0.1) is 0 Å². The van der Waals surface area contributed by atoms with Gasteiger partial charge in [0.25, 0.3) is 5.69 Å². The van der Waals surface area contributed by atoms with E-state index in [1.165, 1.54) is 30.4 Å². The van der Waals surface area contributed by atoms with Gasteiger partial charge in [0.15, 0.2) is 0 Å². The van der Waals surface area contributed by atoms with Crippen LogP contribution in [0.1, 0.15) is 5.56 Å². The van der Waals surface area contributed by atoms with Gasteiger partial charge in [0, 0.05) is 17.7 Å². The lowest BCUT2D eigenvalue weighted by atomic mass is 10.1. The summed E-state index contributed by atoms with van der Waals surface area (Å²) in [5, 5.41) is 28.2. The molecule has 0 aliphatic carbocycles. The lowest BCUT2D eigenvalue weighted by Crippen LogP contribution is -1.88. The third-order valence-electron chi connectivity index (χ3n) is 1.62. The minimum Gasteiger partial charge on any atom is -0.507 e. The lowest BCUT2D eigenvalue weighted by Gasteiger charge is -1.98. The molecule has 0 aromatic heterocycles. The monoisotopic (exact) mass is 195 g/mol. The summed E-state index contributed by atoms with van der Waals surface area (Å²) in [5.41, 5.74) is 0.216. The van der Waals surface area contributed by atoms with E-state index in [1.807, 2.05) is 0 Å². The van der Waals surface area contributed by atoms with E-state index in [4.69, 9.17) is 5.11 Å². The zero-order valence-electron chi connectivity index (χ0n) is 7.25. The number of non-ortho nitro benzene ring substituents is 1. The molecule has 0 unspecified atom stereocenters. The highest BCUT2D eigenvalue weighted by molar-refractivity contribution is 5.60. The molecule has 0 saturated carbocycles. The molecule has 0 amide bonds. The zero-order valence-corrected chi connectivity index (χ0v) is 7.25. The molecule has 0 radical (unpaired) electrons. The lowest BCUT2D eigenvalue weighted by molar-refractivity contribution is -0.384. The van der Waals surface area contributed by atoms with Crippen LogP contribution in [0.25, 0.3) is 6.08 Å².